The number of aryl methyl sites for hydroxylation is 1. The number of anilines is 1. The molecule has 0 saturated carbocycles. The molecular weight excluding hydrogens is 354 g/mol. The average Bonchev–Trinajstić information content (AvgIpc) is 2.59. The molecule has 2 aromatic rings. The number of nitrogens with one attached hydrogen (secondary N) is 1. The Bertz CT molecular complexity index is 879. The molecule has 1 atom stereocenters. The summed E-state index contributed by atoms with van der Waals surface area (Å²) in [4.78, 5) is 35.3. The molecule has 26 heavy (non-hydrogen) atoms. The van der Waals surface area contributed by atoms with E-state index in [1.807, 2.05) is 25.1 Å². The highest BCUT2D eigenvalue weighted by Gasteiger charge is 2.12. The van der Waals surface area contributed by atoms with Gasteiger partial charge in [0.25, 0.3) is 11.2 Å². The van der Waals surface area contributed by atoms with Crippen LogP contribution in [0, 0.1) is 17.0 Å². The minimum atomic E-state index is -0.605. The highest BCUT2D eigenvalue weighted by molar-refractivity contribution is 7.99. The van der Waals surface area contributed by atoms with Gasteiger partial charge in [-0.1, -0.05) is 13.8 Å². The number of thioether (sulfide) groups is 1. The summed E-state index contributed by atoms with van der Waals surface area (Å²) in [5, 5.41) is 14.1. The van der Waals surface area contributed by atoms with E-state index in [4.69, 9.17) is 0 Å². The predicted octanol–water partition coefficient (Wildman–Crippen LogP) is 3.59. The van der Waals surface area contributed by atoms with E-state index in [-0.39, 0.29) is 12.2 Å². The summed E-state index contributed by atoms with van der Waals surface area (Å²) in [5.74, 6) is -0.418. The number of nitro groups is 1. The summed E-state index contributed by atoms with van der Waals surface area (Å²) >= 11 is 1.77. The number of pyridine rings is 1. The SMILES string of the molecule is CCC(C)Sc1ccc(NC(=O)Cn2cc([N+](=O)[O-])ccc2=O)c(C)c1. The van der Waals surface area contributed by atoms with Gasteiger partial charge in [0, 0.05) is 28.0 Å². The number of carbonyl (C=O) groups excluding carboxylic acids is 1. The number of carbonyl (C=O) groups is 1. The standard InChI is InChI=1S/C18H21N3O4S/c1-4-13(3)26-15-6-7-16(12(2)9-15)19-17(22)11-20-10-14(21(24)25)5-8-18(20)23/h5-10,13H,4,11H2,1-3H3,(H,19,22). The fourth-order valence-electron chi connectivity index (χ4n) is 2.26. The number of hydrogen-bond acceptors (Lipinski definition) is 5. The summed E-state index contributed by atoms with van der Waals surface area (Å²) < 4.78 is 1.02. The van der Waals surface area contributed by atoms with Crippen molar-refractivity contribution in [3.63, 3.8) is 0 Å². The Labute approximate surface area is 155 Å². The molecule has 1 heterocycles. The van der Waals surface area contributed by atoms with Gasteiger partial charge in [0.05, 0.1) is 11.1 Å². The second-order valence-electron chi connectivity index (χ2n) is 5.97. The van der Waals surface area contributed by atoms with Crippen LogP contribution in [0.1, 0.15) is 25.8 Å². The fourth-order valence-corrected chi connectivity index (χ4v) is 3.28. The Hall–Kier alpha value is -2.61. The van der Waals surface area contributed by atoms with Crippen molar-refractivity contribution in [2.75, 3.05) is 5.32 Å². The van der Waals surface area contributed by atoms with Crippen molar-refractivity contribution in [1.29, 1.82) is 0 Å². The van der Waals surface area contributed by atoms with E-state index < -0.39 is 16.4 Å². The molecule has 0 radical (unpaired) electrons. The summed E-state index contributed by atoms with van der Waals surface area (Å²) in [6, 6.07) is 7.98. The molecule has 1 N–H and O–H groups in total. The van der Waals surface area contributed by atoms with Crippen LogP contribution in [0.5, 0.6) is 0 Å². The van der Waals surface area contributed by atoms with Crippen molar-refractivity contribution < 1.29 is 9.72 Å². The van der Waals surface area contributed by atoms with E-state index in [2.05, 4.69) is 19.2 Å². The maximum atomic E-state index is 12.2. The van der Waals surface area contributed by atoms with Crippen LogP contribution in [0.4, 0.5) is 11.4 Å². The third-order valence-corrected chi connectivity index (χ3v) is 5.14. The van der Waals surface area contributed by atoms with E-state index in [0.29, 0.717) is 10.9 Å². The molecule has 0 saturated heterocycles. The van der Waals surface area contributed by atoms with Gasteiger partial charge < -0.3 is 5.32 Å². The Kier molecular flexibility index (Phi) is 6.57. The van der Waals surface area contributed by atoms with Crippen LogP contribution in [0.15, 0.2) is 46.2 Å². The zero-order valence-electron chi connectivity index (χ0n) is 14.9. The molecular formula is C18H21N3O4S. The number of aromatic nitrogens is 1. The molecule has 8 heteroatoms. The summed E-state index contributed by atoms with van der Waals surface area (Å²) in [5.41, 5.74) is 0.864. The quantitative estimate of drug-likeness (QED) is 0.453. The molecule has 0 bridgehead atoms. The van der Waals surface area contributed by atoms with Crippen LogP contribution in [-0.4, -0.2) is 20.6 Å². The predicted molar refractivity (Wildman–Crippen MR) is 103 cm³/mol. The van der Waals surface area contributed by atoms with Gasteiger partial charge in [-0.2, -0.15) is 0 Å². The van der Waals surface area contributed by atoms with E-state index in [9.17, 15) is 19.7 Å². The van der Waals surface area contributed by atoms with Crippen LogP contribution in [0.2, 0.25) is 0 Å². The Morgan fingerprint density at radius 1 is 1.35 bits per heavy atom. The van der Waals surface area contributed by atoms with E-state index in [0.717, 1.165) is 39.8 Å². The van der Waals surface area contributed by atoms with Crippen molar-refractivity contribution in [3.8, 4) is 0 Å². The van der Waals surface area contributed by atoms with Crippen LogP contribution in [0.3, 0.4) is 0 Å². The zero-order chi connectivity index (χ0) is 19.3. The zero-order valence-corrected chi connectivity index (χ0v) is 15.7. The normalized spacial score (nSPS) is 11.8. The number of hydrogen-bond donors (Lipinski definition) is 1. The topological polar surface area (TPSA) is 94.2 Å². The minimum absolute atomic E-state index is 0.236. The van der Waals surface area contributed by atoms with Crippen LogP contribution >= 0.6 is 11.8 Å². The summed E-state index contributed by atoms with van der Waals surface area (Å²) in [6.07, 6.45) is 2.14. The van der Waals surface area contributed by atoms with Gasteiger partial charge in [-0.05, 0) is 37.1 Å². The average molecular weight is 375 g/mol. The second kappa shape index (κ2) is 8.66. The van der Waals surface area contributed by atoms with Gasteiger partial charge >= 0.3 is 0 Å². The molecule has 2 rings (SSSR count). The third kappa shape index (κ3) is 5.19. The lowest BCUT2D eigenvalue weighted by atomic mass is 10.2. The van der Waals surface area contributed by atoms with Crippen molar-refractivity contribution in [2.45, 2.75) is 43.9 Å². The summed E-state index contributed by atoms with van der Waals surface area (Å²) in [7, 11) is 0. The van der Waals surface area contributed by atoms with Crippen molar-refractivity contribution >= 4 is 29.0 Å². The Morgan fingerprint density at radius 2 is 2.08 bits per heavy atom. The number of amides is 1. The largest absolute Gasteiger partial charge is 0.324 e. The van der Waals surface area contributed by atoms with E-state index >= 15 is 0 Å². The maximum absolute atomic E-state index is 12.2. The highest BCUT2D eigenvalue weighted by atomic mass is 32.2. The van der Waals surface area contributed by atoms with Crippen LogP contribution in [0.25, 0.3) is 0 Å². The van der Waals surface area contributed by atoms with Crippen molar-refractivity contribution in [3.05, 3.63) is 62.6 Å². The monoisotopic (exact) mass is 375 g/mol. The molecule has 1 aromatic heterocycles. The molecule has 138 valence electrons. The lowest BCUT2D eigenvalue weighted by molar-refractivity contribution is -0.385. The van der Waals surface area contributed by atoms with Gasteiger partial charge in [0.15, 0.2) is 0 Å². The lowest BCUT2D eigenvalue weighted by Gasteiger charge is -2.13. The highest BCUT2D eigenvalue weighted by Crippen LogP contribution is 2.28. The van der Waals surface area contributed by atoms with Crippen molar-refractivity contribution in [1.82, 2.24) is 4.57 Å². The molecule has 0 aliphatic heterocycles. The molecule has 0 spiro atoms. The van der Waals surface area contributed by atoms with Crippen LogP contribution < -0.4 is 10.9 Å². The first-order chi connectivity index (χ1) is 12.3. The molecule has 0 fully saturated rings. The van der Waals surface area contributed by atoms with Gasteiger partial charge in [0.1, 0.15) is 6.54 Å². The van der Waals surface area contributed by atoms with Gasteiger partial charge in [-0.3, -0.25) is 24.3 Å². The summed E-state index contributed by atoms with van der Waals surface area (Å²) in [6.45, 7) is 5.90. The van der Waals surface area contributed by atoms with Gasteiger partial charge in [0.2, 0.25) is 5.91 Å². The van der Waals surface area contributed by atoms with Gasteiger partial charge in [-0.15, -0.1) is 11.8 Å². The van der Waals surface area contributed by atoms with E-state index in [1.54, 1.807) is 11.8 Å². The Morgan fingerprint density at radius 3 is 2.69 bits per heavy atom. The Balaban J connectivity index is 2.10. The molecule has 1 amide bonds. The van der Waals surface area contributed by atoms with E-state index in [1.165, 1.54) is 0 Å². The second-order valence-corrected chi connectivity index (χ2v) is 7.48. The minimum Gasteiger partial charge on any atom is -0.324 e. The lowest BCUT2D eigenvalue weighted by Crippen LogP contribution is -2.27. The van der Waals surface area contributed by atoms with Crippen LogP contribution in [-0.2, 0) is 11.3 Å². The number of benzene rings is 1. The maximum Gasteiger partial charge on any atom is 0.285 e. The van der Waals surface area contributed by atoms with Crippen molar-refractivity contribution in [2.24, 2.45) is 0 Å². The molecule has 1 aromatic carbocycles. The third-order valence-electron chi connectivity index (χ3n) is 3.88. The number of nitrogens with zero attached hydrogens (tertiary/aromatic N) is 2. The smallest absolute Gasteiger partial charge is 0.285 e. The first kappa shape index (κ1) is 19.7. The molecule has 0 aliphatic rings. The molecule has 1 unspecified atom stereocenters. The first-order valence-electron chi connectivity index (χ1n) is 8.22. The number of rotatable bonds is 7. The first-order valence-corrected chi connectivity index (χ1v) is 9.10. The molecule has 0 aliphatic carbocycles. The molecule has 7 nitrogen and oxygen atoms in total. The fraction of sp³-hybridized carbons (Fsp3) is 0.333. The van der Waals surface area contributed by atoms with Gasteiger partial charge in [-0.25, -0.2) is 0 Å².